The van der Waals surface area contributed by atoms with E-state index in [9.17, 15) is 0 Å². The number of benzene rings is 3. The first-order valence-corrected chi connectivity index (χ1v) is 11.7. The molecule has 0 saturated heterocycles. The molecular formula is C28H42S2. The van der Waals surface area contributed by atoms with Gasteiger partial charge in [-0.05, 0) is 79.8 Å². The van der Waals surface area contributed by atoms with E-state index in [4.69, 9.17) is 0 Å². The maximum atomic E-state index is 4.54. The van der Waals surface area contributed by atoms with Gasteiger partial charge in [-0.15, -0.1) is 38.4 Å². The molecule has 0 aliphatic rings. The third-order valence-electron chi connectivity index (χ3n) is 4.35. The van der Waals surface area contributed by atoms with Crippen LogP contribution in [0.1, 0.15) is 62.4 Å². The molecule has 0 nitrogen and oxygen atoms in total. The van der Waals surface area contributed by atoms with E-state index < -0.39 is 0 Å². The molecule has 0 heterocycles. The van der Waals surface area contributed by atoms with Gasteiger partial charge in [-0.25, -0.2) is 0 Å². The summed E-state index contributed by atoms with van der Waals surface area (Å²) in [6.07, 6.45) is 1.05. The van der Waals surface area contributed by atoms with Crippen LogP contribution in [-0.4, -0.2) is 0 Å². The monoisotopic (exact) mass is 442 g/mol. The normalized spacial score (nSPS) is 8.90. The summed E-state index contributed by atoms with van der Waals surface area (Å²) in [6.45, 7) is 24.7. The molecule has 3 rings (SSSR count). The fraction of sp³-hybridized carbons (Fsp3) is 0.357. The molecule has 30 heavy (non-hydrogen) atoms. The van der Waals surface area contributed by atoms with E-state index in [-0.39, 0.29) is 0 Å². The first kappa shape index (κ1) is 30.6. The van der Waals surface area contributed by atoms with Crippen molar-refractivity contribution in [3.05, 3.63) is 83.4 Å². The number of hydrogen-bond donors (Lipinski definition) is 2. The van der Waals surface area contributed by atoms with E-state index in [1.165, 1.54) is 38.6 Å². The van der Waals surface area contributed by atoms with Gasteiger partial charge in [0.1, 0.15) is 0 Å². The molecule has 0 radical (unpaired) electrons. The van der Waals surface area contributed by atoms with Crippen LogP contribution in [0, 0.1) is 27.7 Å². The van der Waals surface area contributed by atoms with E-state index in [0.717, 1.165) is 16.2 Å². The minimum atomic E-state index is 1.02. The quantitative estimate of drug-likeness (QED) is 0.272. The highest BCUT2D eigenvalue weighted by atomic mass is 32.1. The Kier molecular flexibility index (Phi) is 17.4. The van der Waals surface area contributed by atoms with E-state index >= 15 is 0 Å². The van der Waals surface area contributed by atoms with E-state index in [1.54, 1.807) is 0 Å². The molecule has 2 heteroatoms. The first-order chi connectivity index (χ1) is 14.3. The Balaban J connectivity index is 0. The van der Waals surface area contributed by atoms with Gasteiger partial charge in [-0.3, -0.25) is 0 Å². The SMILES string of the molecule is C=C.CC.CC.CCc1c(C)c(S)cc2cc(S)cc(C)c12.Cc1ccc(C)cc1. The highest BCUT2D eigenvalue weighted by Gasteiger charge is 2.09. The van der Waals surface area contributed by atoms with Crippen LogP contribution in [0.4, 0.5) is 0 Å². The lowest BCUT2D eigenvalue weighted by Gasteiger charge is -2.14. The Labute approximate surface area is 197 Å². The summed E-state index contributed by atoms with van der Waals surface area (Å²) in [6, 6.07) is 14.9. The predicted octanol–water partition coefficient (Wildman–Crippen LogP) is 9.75. The lowest BCUT2D eigenvalue weighted by molar-refractivity contribution is 1.10. The number of aryl methyl sites for hydroxylation is 4. The third kappa shape index (κ3) is 9.45. The molecule has 166 valence electrons. The van der Waals surface area contributed by atoms with E-state index in [0.29, 0.717) is 0 Å². The summed E-state index contributed by atoms with van der Waals surface area (Å²) in [5.74, 6) is 0. The zero-order chi connectivity index (χ0) is 23.9. The second-order valence-electron chi connectivity index (χ2n) is 6.37. The molecular weight excluding hydrogens is 400 g/mol. The van der Waals surface area contributed by atoms with Crippen LogP contribution in [0.15, 0.2) is 65.4 Å². The van der Waals surface area contributed by atoms with Crippen molar-refractivity contribution in [2.75, 3.05) is 0 Å². The predicted molar refractivity (Wildman–Crippen MR) is 147 cm³/mol. The van der Waals surface area contributed by atoms with Crippen LogP contribution >= 0.6 is 25.3 Å². The Morgan fingerprint density at radius 1 is 0.733 bits per heavy atom. The smallest absolute Gasteiger partial charge is 0.00783 e. The first-order valence-electron chi connectivity index (χ1n) is 10.8. The van der Waals surface area contributed by atoms with Crippen LogP contribution in [0.2, 0.25) is 0 Å². The highest BCUT2D eigenvalue weighted by Crippen LogP contribution is 2.32. The lowest BCUT2D eigenvalue weighted by Crippen LogP contribution is -1.93. The van der Waals surface area contributed by atoms with Gasteiger partial charge in [0.2, 0.25) is 0 Å². The van der Waals surface area contributed by atoms with Crippen molar-refractivity contribution in [3.63, 3.8) is 0 Å². The minimum absolute atomic E-state index is 1.02. The van der Waals surface area contributed by atoms with Crippen molar-refractivity contribution in [1.82, 2.24) is 0 Å². The lowest BCUT2D eigenvalue weighted by atomic mass is 9.94. The molecule has 0 atom stereocenters. The van der Waals surface area contributed by atoms with Crippen molar-refractivity contribution in [3.8, 4) is 0 Å². The summed E-state index contributed by atoms with van der Waals surface area (Å²) in [5, 5.41) is 2.62. The van der Waals surface area contributed by atoms with Crippen molar-refractivity contribution in [1.29, 1.82) is 0 Å². The zero-order valence-corrected chi connectivity index (χ0v) is 22.3. The molecule has 3 aromatic rings. The number of thiol groups is 2. The molecule has 0 bridgehead atoms. The van der Waals surface area contributed by atoms with Crippen molar-refractivity contribution < 1.29 is 0 Å². The maximum Gasteiger partial charge on any atom is 0.00783 e. The highest BCUT2D eigenvalue weighted by molar-refractivity contribution is 7.80. The van der Waals surface area contributed by atoms with Crippen LogP contribution in [0.5, 0.6) is 0 Å². The molecule has 0 aromatic heterocycles. The topological polar surface area (TPSA) is 0 Å². The molecule has 0 aliphatic carbocycles. The fourth-order valence-corrected chi connectivity index (χ4v) is 3.60. The van der Waals surface area contributed by atoms with Gasteiger partial charge in [0.25, 0.3) is 0 Å². The molecule has 0 fully saturated rings. The molecule has 0 unspecified atom stereocenters. The van der Waals surface area contributed by atoms with Gasteiger partial charge < -0.3 is 0 Å². The van der Waals surface area contributed by atoms with Gasteiger partial charge in [0, 0.05) is 9.79 Å². The standard InChI is InChI=1S/C14H16S2.C8H10.2C2H6.C2H4/c1-4-12-9(3)13(16)7-10-6-11(15)5-8(2)14(10)12;1-7-3-5-8(2)6-4-7;3*1-2/h5-7,15-16H,4H2,1-3H3;3-6H,1-2H3;2*1-2H3;1-2H2. The van der Waals surface area contributed by atoms with Crippen LogP contribution < -0.4 is 0 Å². The van der Waals surface area contributed by atoms with Gasteiger partial charge in [-0.2, -0.15) is 0 Å². The van der Waals surface area contributed by atoms with E-state index in [2.05, 4.69) is 115 Å². The average molecular weight is 443 g/mol. The van der Waals surface area contributed by atoms with Gasteiger partial charge in [-0.1, -0.05) is 70.0 Å². The molecule has 0 spiro atoms. The van der Waals surface area contributed by atoms with E-state index in [1.807, 2.05) is 27.7 Å². The van der Waals surface area contributed by atoms with Gasteiger partial charge >= 0.3 is 0 Å². The maximum absolute atomic E-state index is 4.54. The summed E-state index contributed by atoms with van der Waals surface area (Å²) < 4.78 is 0. The molecule has 0 amide bonds. The van der Waals surface area contributed by atoms with Crippen LogP contribution in [-0.2, 0) is 6.42 Å². The Morgan fingerprint density at radius 2 is 1.17 bits per heavy atom. The Hall–Kier alpha value is -1.64. The summed E-state index contributed by atoms with van der Waals surface area (Å²) in [4.78, 5) is 2.09. The van der Waals surface area contributed by atoms with Gasteiger partial charge in [0.15, 0.2) is 0 Å². The minimum Gasteiger partial charge on any atom is -0.143 e. The largest absolute Gasteiger partial charge is 0.143 e. The Bertz CT molecular complexity index is 841. The summed E-state index contributed by atoms with van der Waals surface area (Å²) in [5.41, 5.74) is 6.67. The van der Waals surface area contributed by atoms with Crippen LogP contribution in [0.3, 0.4) is 0 Å². The molecule has 3 aromatic carbocycles. The molecule has 0 N–H and O–H groups in total. The molecule has 0 saturated carbocycles. The third-order valence-corrected chi connectivity index (χ3v) is 5.08. The van der Waals surface area contributed by atoms with Crippen molar-refractivity contribution >= 4 is 36.0 Å². The summed E-state index contributed by atoms with van der Waals surface area (Å²) >= 11 is 8.97. The number of fused-ring (bicyclic) bond motifs is 1. The fourth-order valence-electron chi connectivity index (χ4n) is 3.00. The van der Waals surface area contributed by atoms with Crippen molar-refractivity contribution in [2.24, 2.45) is 0 Å². The zero-order valence-electron chi connectivity index (χ0n) is 20.6. The number of hydrogen-bond acceptors (Lipinski definition) is 2. The summed E-state index contributed by atoms with van der Waals surface area (Å²) in [7, 11) is 0. The second-order valence-corrected chi connectivity index (χ2v) is 7.37. The van der Waals surface area contributed by atoms with Crippen molar-refractivity contribution in [2.45, 2.75) is 78.5 Å². The second kappa shape index (κ2) is 17.1. The van der Waals surface area contributed by atoms with Crippen LogP contribution in [0.25, 0.3) is 10.8 Å². The molecule has 0 aliphatic heterocycles. The van der Waals surface area contributed by atoms with Gasteiger partial charge in [0.05, 0.1) is 0 Å². The number of rotatable bonds is 1. The Morgan fingerprint density at radius 3 is 1.57 bits per heavy atom. The average Bonchev–Trinajstić information content (AvgIpc) is 2.76.